The zero-order chi connectivity index (χ0) is 21.4. The highest BCUT2D eigenvalue weighted by atomic mass is 32.2. The lowest BCUT2D eigenvalue weighted by atomic mass is 10.3. The van der Waals surface area contributed by atoms with Gasteiger partial charge in [0.15, 0.2) is 0 Å². The molecule has 0 bridgehead atoms. The summed E-state index contributed by atoms with van der Waals surface area (Å²) in [5.74, 6) is 1.48. The Labute approximate surface area is 186 Å². The smallest absolute Gasteiger partial charge is 0.244 e. The molecule has 0 unspecified atom stereocenters. The molecule has 0 atom stereocenters. The molecule has 1 aliphatic carbocycles. The van der Waals surface area contributed by atoms with Gasteiger partial charge in [-0.3, -0.25) is 14.5 Å². The van der Waals surface area contributed by atoms with Crippen molar-refractivity contribution in [2.45, 2.75) is 30.3 Å². The lowest BCUT2D eigenvalue weighted by Crippen LogP contribution is -2.48. The van der Waals surface area contributed by atoms with Gasteiger partial charge >= 0.3 is 0 Å². The molecule has 8 nitrogen and oxygen atoms in total. The molecule has 10 heteroatoms. The largest absolute Gasteiger partial charge is 0.282 e. The van der Waals surface area contributed by atoms with Gasteiger partial charge in [-0.1, -0.05) is 18.2 Å². The second kappa shape index (κ2) is 8.27. The van der Waals surface area contributed by atoms with Crippen molar-refractivity contribution >= 4 is 22.2 Å². The van der Waals surface area contributed by atoms with E-state index in [9.17, 15) is 8.42 Å². The van der Waals surface area contributed by atoms with Crippen molar-refractivity contribution in [2.24, 2.45) is 0 Å². The van der Waals surface area contributed by atoms with Crippen LogP contribution in [-0.2, 0) is 16.7 Å². The molecule has 1 aromatic carbocycles. The standard InChI is InChI=1S/C21H24N6O2S2/c28-31(29,19-7-4-10-22-15-19)25-13-11-24(12-14-25)16-26-21(30)27(18-5-2-1-3-6-18)20(23-26)17-8-9-17/h1-7,10,15,17H,8-9,11-14,16H2. The fourth-order valence-corrected chi connectivity index (χ4v) is 5.58. The number of para-hydroxylation sites is 1. The van der Waals surface area contributed by atoms with Gasteiger partial charge < -0.3 is 0 Å². The molecule has 0 amide bonds. The molecule has 1 saturated carbocycles. The molecule has 2 aliphatic rings. The number of nitrogens with zero attached hydrogens (tertiary/aromatic N) is 6. The summed E-state index contributed by atoms with van der Waals surface area (Å²) in [4.78, 5) is 6.38. The van der Waals surface area contributed by atoms with Crippen molar-refractivity contribution in [1.29, 1.82) is 0 Å². The number of aromatic nitrogens is 4. The number of sulfonamides is 1. The van der Waals surface area contributed by atoms with Crippen LogP contribution in [-0.4, -0.2) is 63.1 Å². The number of benzene rings is 1. The van der Waals surface area contributed by atoms with Crippen LogP contribution >= 0.6 is 12.2 Å². The molecule has 31 heavy (non-hydrogen) atoms. The first-order valence-electron chi connectivity index (χ1n) is 10.4. The number of rotatable bonds is 6. The van der Waals surface area contributed by atoms with Crippen molar-refractivity contribution in [3.63, 3.8) is 0 Å². The Morgan fingerprint density at radius 3 is 2.39 bits per heavy atom. The Balaban J connectivity index is 1.32. The predicted octanol–water partition coefficient (Wildman–Crippen LogP) is 2.64. The van der Waals surface area contributed by atoms with E-state index in [1.165, 1.54) is 10.5 Å². The van der Waals surface area contributed by atoms with E-state index in [2.05, 4.69) is 26.6 Å². The quantitative estimate of drug-likeness (QED) is 0.531. The molecule has 162 valence electrons. The SMILES string of the molecule is O=S(=O)(c1cccnc1)N1CCN(Cn2nc(C3CC3)n(-c3ccccc3)c2=S)CC1. The summed E-state index contributed by atoms with van der Waals surface area (Å²) in [5, 5.41) is 4.85. The van der Waals surface area contributed by atoms with E-state index in [0.29, 0.717) is 43.5 Å². The van der Waals surface area contributed by atoms with Gasteiger partial charge in [-0.15, -0.1) is 0 Å². The zero-order valence-corrected chi connectivity index (χ0v) is 18.7. The van der Waals surface area contributed by atoms with Gasteiger partial charge in [0.1, 0.15) is 10.7 Å². The van der Waals surface area contributed by atoms with Crippen molar-refractivity contribution in [3.8, 4) is 5.69 Å². The van der Waals surface area contributed by atoms with Crippen LogP contribution in [0.25, 0.3) is 5.69 Å². The van der Waals surface area contributed by atoms with Gasteiger partial charge in [-0.25, -0.2) is 13.1 Å². The van der Waals surface area contributed by atoms with Gasteiger partial charge in [0.05, 0.1) is 6.67 Å². The van der Waals surface area contributed by atoms with E-state index >= 15 is 0 Å². The second-order valence-electron chi connectivity index (χ2n) is 7.94. The van der Waals surface area contributed by atoms with Crippen LogP contribution in [0.1, 0.15) is 24.6 Å². The van der Waals surface area contributed by atoms with E-state index in [4.69, 9.17) is 17.3 Å². The molecule has 5 rings (SSSR count). The highest BCUT2D eigenvalue weighted by molar-refractivity contribution is 7.89. The lowest BCUT2D eigenvalue weighted by molar-refractivity contribution is 0.144. The van der Waals surface area contributed by atoms with Gasteiger partial charge in [-0.2, -0.15) is 9.40 Å². The minimum absolute atomic E-state index is 0.237. The van der Waals surface area contributed by atoms with Crippen LogP contribution in [0.4, 0.5) is 0 Å². The second-order valence-corrected chi connectivity index (χ2v) is 10.2. The summed E-state index contributed by atoms with van der Waals surface area (Å²) in [7, 11) is -3.51. The van der Waals surface area contributed by atoms with Crippen LogP contribution in [0.5, 0.6) is 0 Å². The molecule has 0 radical (unpaired) electrons. The molecule has 2 aromatic heterocycles. The number of pyridine rings is 1. The fraction of sp³-hybridized carbons (Fsp3) is 0.381. The highest BCUT2D eigenvalue weighted by Gasteiger charge is 2.32. The normalized spacial score (nSPS) is 18.3. The van der Waals surface area contributed by atoms with Crippen molar-refractivity contribution < 1.29 is 8.42 Å². The zero-order valence-electron chi connectivity index (χ0n) is 17.0. The summed E-state index contributed by atoms with van der Waals surface area (Å²) in [6, 6.07) is 13.3. The first-order chi connectivity index (χ1) is 15.0. The maximum absolute atomic E-state index is 12.8. The maximum atomic E-state index is 12.8. The molecule has 3 heterocycles. The Kier molecular flexibility index (Phi) is 5.47. The van der Waals surface area contributed by atoms with Crippen LogP contribution in [0.15, 0.2) is 59.8 Å². The number of hydrogen-bond acceptors (Lipinski definition) is 6. The van der Waals surface area contributed by atoms with Crippen molar-refractivity contribution in [3.05, 3.63) is 65.5 Å². The third-order valence-corrected chi connectivity index (χ3v) is 8.03. The van der Waals surface area contributed by atoms with Gasteiger partial charge in [-0.05, 0) is 49.3 Å². The fourth-order valence-electron chi connectivity index (χ4n) is 3.89. The Morgan fingerprint density at radius 1 is 1.00 bits per heavy atom. The summed E-state index contributed by atoms with van der Waals surface area (Å²) in [6.07, 6.45) is 5.26. The average molecular weight is 457 g/mol. The third kappa shape index (κ3) is 4.08. The van der Waals surface area contributed by atoms with Gasteiger partial charge in [0.2, 0.25) is 14.8 Å². The highest BCUT2D eigenvalue weighted by Crippen LogP contribution is 2.40. The molecule has 1 saturated heterocycles. The topological polar surface area (TPSA) is 76.3 Å². The van der Waals surface area contributed by atoms with E-state index in [1.807, 2.05) is 22.9 Å². The average Bonchev–Trinajstić information content (AvgIpc) is 3.60. The maximum Gasteiger partial charge on any atom is 0.244 e. The van der Waals surface area contributed by atoms with Crippen LogP contribution in [0.3, 0.4) is 0 Å². The molecular weight excluding hydrogens is 432 g/mol. The summed E-state index contributed by atoms with van der Waals surface area (Å²) >= 11 is 5.78. The monoisotopic (exact) mass is 456 g/mol. The minimum atomic E-state index is -3.51. The predicted molar refractivity (Wildman–Crippen MR) is 119 cm³/mol. The van der Waals surface area contributed by atoms with Crippen LogP contribution in [0.2, 0.25) is 0 Å². The molecular formula is C21H24N6O2S2. The Hall–Kier alpha value is -2.40. The van der Waals surface area contributed by atoms with Crippen LogP contribution in [0, 0.1) is 4.77 Å². The van der Waals surface area contributed by atoms with E-state index in [1.54, 1.807) is 18.3 Å². The summed E-state index contributed by atoms with van der Waals surface area (Å²) < 4.78 is 31.8. The first-order valence-corrected chi connectivity index (χ1v) is 12.3. The molecule has 0 N–H and O–H groups in total. The molecule has 0 spiro atoms. The third-order valence-electron chi connectivity index (χ3n) is 5.76. The summed E-state index contributed by atoms with van der Waals surface area (Å²) in [5.41, 5.74) is 1.04. The van der Waals surface area contributed by atoms with Gasteiger partial charge in [0.25, 0.3) is 0 Å². The molecule has 2 fully saturated rings. The van der Waals surface area contributed by atoms with E-state index < -0.39 is 10.0 Å². The Bertz CT molecular complexity index is 1210. The summed E-state index contributed by atoms with van der Waals surface area (Å²) in [6.45, 7) is 2.66. The lowest BCUT2D eigenvalue weighted by Gasteiger charge is -2.33. The van der Waals surface area contributed by atoms with Crippen molar-refractivity contribution in [1.82, 2.24) is 28.5 Å². The minimum Gasteiger partial charge on any atom is -0.282 e. The van der Waals surface area contributed by atoms with Crippen LogP contribution < -0.4 is 0 Å². The molecule has 3 aromatic rings. The Morgan fingerprint density at radius 2 is 1.74 bits per heavy atom. The number of hydrogen-bond donors (Lipinski definition) is 0. The molecule has 1 aliphatic heterocycles. The van der Waals surface area contributed by atoms with E-state index in [-0.39, 0.29) is 4.90 Å². The van der Waals surface area contributed by atoms with Gasteiger partial charge in [0, 0.05) is 50.2 Å². The van der Waals surface area contributed by atoms with E-state index in [0.717, 1.165) is 24.4 Å². The number of piperazine rings is 1. The first kappa shape index (κ1) is 20.5. The van der Waals surface area contributed by atoms with Crippen molar-refractivity contribution in [2.75, 3.05) is 26.2 Å².